The highest BCUT2D eigenvalue weighted by atomic mass is 15.1. The van der Waals surface area contributed by atoms with Crippen molar-refractivity contribution < 1.29 is 0 Å². The first-order chi connectivity index (χ1) is 8.74. The monoisotopic (exact) mass is 252 g/mol. The molecule has 1 N–H and O–H groups in total. The van der Waals surface area contributed by atoms with Gasteiger partial charge in [-0.1, -0.05) is 38.5 Å². The molecule has 0 heterocycles. The lowest BCUT2D eigenvalue weighted by Gasteiger charge is -2.44. The van der Waals surface area contributed by atoms with Gasteiger partial charge in [-0.15, -0.1) is 0 Å². The molecule has 0 radical (unpaired) electrons. The van der Waals surface area contributed by atoms with Crippen molar-refractivity contribution in [1.82, 2.24) is 10.2 Å². The summed E-state index contributed by atoms with van der Waals surface area (Å²) in [5.41, 5.74) is 0.607. The number of hydrogen-bond acceptors (Lipinski definition) is 2. The maximum absolute atomic E-state index is 3.39. The average molecular weight is 252 g/mol. The van der Waals surface area contributed by atoms with Gasteiger partial charge in [0.05, 0.1) is 0 Å². The molecule has 2 nitrogen and oxygen atoms in total. The fourth-order valence-electron chi connectivity index (χ4n) is 3.97. The maximum atomic E-state index is 3.39. The van der Waals surface area contributed by atoms with Crippen LogP contribution < -0.4 is 5.32 Å². The quantitative estimate of drug-likeness (QED) is 0.748. The molecule has 2 aliphatic carbocycles. The number of nitrogens with zero attached hydrogens (tertiary/aromatic N) is 1. The summed E-state index contributed by atoms with van der Waals surface area (Å²) in [5, 5.41) is 3.39. The lowest BCUT2D eigenvalue weighted by Crippen LogP contribution is -2.47. The second-order valence-electron chi connectivity index (χ2n) is 6.91. The Morgan fingerprint density at radius 2 is 1.83 bits per heavy atom. The van der Waals surface area contributed by atoms with Crippen molar-refractivity contribution in [2.24, 2.45) is 11.3 Å². The van der Waals surface area contributed by atoms with Crippen LogP contribution in [0.5, 0.6) is 0 Å². The minimum absolute atomic E-state index is 0.607. The molecule has 2 saturated carbocycles. The average Bonchev–Trinajstić information content (AvgIpc) is 2.35. The highest BCUT2D eigenvalue weighted by Crippen LogP contribution is 2.40. The molecule has 0 aromatic carbocycles. The van der Waals surface area contributed by atoms with Gasteiger partial charge in [0.25, 0.3) is 0 Å². The summed E-state index contributed by atoms with van der Waals surface area (Å²) < 4.78 is 0. The van der Waals surface area contributed by atoms with Gasteiger partial charge in [0.1, 0.15) is 0 Å². The van der Waals surface area contributed by atoms with E-state index < -0.39 is 0 Å². The van der Waals surface area contributed by atoms with Crippen LogP contribution in [0.1, 0.15) is 57.8 Å². The van der Waals surface area contributed by atoms with Gasteiger partial charge in [0.2, 0.25) is 0 Å². The van der Waals surface area contributed by atoms with E-state index in [9.17, 15) is 0 Å². The van der Waals surface area contributed by atoms with Crippen LogP contribution in [0.25, 0.3) is 0 Å². The number of nitrogens with one attached hydrogen (secondary N) is 1. The lowest BCUT2D eigenvalue weighted by molar-refractivity contribution is 0.0763. The SMILES string of the molecule is CNCC1(CN(C)CCC2CCCCC2)CCC1. The Morgan fingerprint density at radius 1 is 1.11 bits per heavy atom. The molecule has 0 unspecified atom stereocenters. The van der Waals surface area contributed by atoms with E-state index in [0.29, 0.717) is 5.41 Å². The van der Waals surface area contributed by atoms with Crippen molar-refractivity contribution in [2.45, 2.75) is 57.8 Å². The zero-order valence-corrected chi connectivity index (χ0v) is 12.5. The standard InChI is InChI=1S/C16H32N2/c1-17-13-16(10-6-11-16)14-18(2)12-9-15-7-4-3-5-8-15/h15,17H,3-14H2,1-2H3. The molecule has 0 aromatic rings. The predicted octanol–water partition coefficient (Wildman–Crippen LogP) is 3.28. The smallest absolute Gasteiger partial charge is 0.00471 e. The van der Waals surface area contributed by atoms with E-state index in [1.807, 2.05) is 0 Å². The molecule has 0 spiro atoms. The Balaban J connectivity index is 1.66. The van der Waals surface area contributed by atoms with Gasteiger partial charge in [0, 0.05) is 13.1 Å². The second-order valence-corrected chi connectivity index (χ2v) is 6.91. The highest BCUT2D eigenvalue weighted by Gasteiger charge is 2.37. The third kappa shape index (κ3) is 3.96. The zero-order chi connectivity index (χ0) is 12.8. The normalized spacial score (nSPS) is 24.2. The van der Waals surface area contributed by atoms with Gasteiger partial charge < -0.3 is 10.2 Å². The van der Waals surface area contributed by atoms with Crippen LogP contribution in [0.3, 0.4) is 0 Å². The minimum atomic E-state index is 0.607. The van der Waals surface area contributed by atoms with Crippen molar-refractivity contribution in [2.75, 3.05) is 33.7 Å². The van der Waals surface area contributed by atoms with E-state index in [2.05, 4.69) is 24.3 Å². The molecule has 0 aromatic heterocycles. The summed E-state index contributed by atoms with van der Waals surface area (Å²) >= 11 is 0. The summed E-state index contributed by atoms with van der Waals surface area (Å²) in [6, 6.07) is 0. The van der Waals surface area contributed by atoms with Crippen molar-refractivity contribution in [3.63, 3.8) is 0 Å². The van der Waals surface area contributed by atoms with Crippen LogP contribution >= 0.6 is 0 Å². The Bertz CT molecular complexity index is 229. The van der Waals surface area contributed by atoms with Gasteiger partial charge in [-0.3, -0.25) is 0 Å². The largest absolute Gasteiger partial charge is 0.319 e. The topological polar surface area (TPSA) is 15.3 Å². The molecule has 106 valence electrons. The molecule has 2 heteroatoms. The van der Waals surface area contributed by atoms with E-state index in [0.717, 1.165) is 5.92 Å². The third-order valence-corrected chi connectivity index (χ3v) is 5.22. The number of rotatable bonds is 7. The van der Waals surface area contributed by atoms with Crippen LogP contribution in [0.4, 0.5) is 0 Å². The molecular formula is C16H32N2. The van der Waals surface area contributed by atoms with Crippen molar-refractivity contribution in [3.05, 3.63) is 0 Å². The third-order valence-electron chi connectivity index (χ3n) is 5.22. The van der Waals surface area contributed by atoms with Crippen LogP contribution in [0.15, 0.2) is 0 Å². The fourth-order valence-corrected chi connectivity index (χ4v) is 3.97. The lowest BCUT2D eigenvalue weighted by atomic mass is 9.68. The summed E-state index contributed by atoms with van der Waals surface area (Å²) in [4.78, 5) is 2.60. The van der Waals surface area contributed by atoms with Crippen molar-refractivity contribution in [3.8, 4) is 0 Å². The predicted molar refractivity (Wildman–Crippen MR) is 78.9 cm³/mol. The molecule has 0 saturated heterocycles. The maximum Gasteiger partial charge on any atom is 0.00471 e. The fraction of sp³-hybridized carbons (Fsp3) is 1.00. The molecule has 2 fully saturated rings. The van der Waals surface area contributed by atoms with Gasteiger partial charge in [-0.25, -0.2) is 0 Å². The summed E-state index contributed by atoms with van der Waals surface area (Å²) in [7, 11) is 4.43. The summed E-state index contributed by atoms with van der Waals surface area (Å²) in [5.74, 6) is 1.03. The van der Waals surface area contributed by atoms with Crippen molar-refractivity contribution in [1.29, 1.82) is 0 Å². The second kappa shape index (κ2) is 6.91. The van der Waals surface area contributed by atoms with E-state index in [1.165, 1.54) is 77.4 Å². The number of hydrogen-bond donors (Lipinski definition) is 1. The van der Waals surface area contributed by atoms with E-state index in [1.54, 1.807) is 0 Å². The molecular weight excluding hydrogens is 220 g/mol. The Morgan fingerprint density at radius 3 is 2.39 bits per heavy atom. The first kappa shape index (κ1) is 14.3. The molecule has 2 rings (SSSR count). The highest BCUT2D eigenvalue weighted by molar-refractivity contribution is 4.91. The van der Waals surface area contributed by atoms with Crippen LogP contribution in [-0.4, -0.2) is 38.6 Å². The van der Waals surface area contributed by atoms with E-state index >= 15 is 0 Å². The summed E-state index contributed by atoms with van der Waals surface area (Å²) in [6.07, 6.45) is 13.2. The van der Waals surface area contributed by atoms with Gasteiger partial charge in [-0.2, -0.15) is 0 Å². The molecule has 0 aliphatic heterocycles. The van der Waals surface area contributed by atoms with E-state index in [4.69, 9.17) is 0 Å². The Labute approximate surface area is 114 Å². The molecule has 0 bridgehead atoms. The van der Waals surface area contributed by atoms with Crippen LogP contribution in [-0.2, 0) is 0 Å². The van der Waals surface area contributed by atoms with Crippen LogP contribution in [0.2, 0.25) is 0 Å². The molecule has 0 amide bonds. The molecule has 2 aliphatic rings. The van der Waals surface area contributed by atoms with Crippen LogP contribution in [0, 0.1) is 11.3 Å². The Hall–Kier alpha value is -0.0800. The molecule has 18 heavy (non-hydrogen) atoms. The summed E-state index contributed by atoms with van der Waals surface area (Å²) in [6.45, 7) is 3.83. The molecule has 0 atom stereocenters. The van der Waals surface area contributed by atoms with Crippen molar-refractivity contribution >= 4 is 0 Å². The minimum Gasteiger partial charge on any atom is -0.319 e. The van der Waals surface area contributed by atoms with Gasteiger partial charge >= 0.3 is 0 Å². The Kier molecular flexibility index (Phi) is 5.50. The first-order valence-electron chi connectivity index (χ1n) is 8.07. The van der Waals surface area contributed by atoms with Gasteiger partial charge in [0.15, 0.2) is 0 Å². The van der Waals surface area contributed by atoms with E-state index in [-0.39, 0.29) is 0 Å². The first-order valence-corrected chi connectivity index (χ1v) is 8.07. The van der Waals surface area contributed by atoms with Gasteiger partial charge in [-0.05, 0) is 51.2 Å². The zero-order valence-electron chi connectivity index (χ0n) is 12.5.